The van der Waals surface area contributed by atoms with E-state index in [4.69, 9.17) is 0 Å². The maximum Gasteiger partial charge on any atom is 0.313 e. The Balaban J connectivity index is 1.84. The summed E-state index contributed by atoms with van der Waals surface area (Å²) in [4.78, 5) is 27.8. The molecule has 1 heterocycles. The molecule has 23 heavy (non-hydrogen) atoms. The number of hydrogen-bond donors (Lipinski definition) is 2. The third-order valence-corrected chi connectivity index (χ3v) is 3.78. The van der Waals surface area contributed by atoms with E-state index in [9.17, 15) is 9.59 Å². The van der Waals surface area contributed by atoms with Gasteiger partial charge in [-0.05, 0) is 42.5 Å². The van der Waals surface area contributed by atoms with Crippen molar-refractivity contribution in [3.63, 3.8) is 0 Å². The predicted octanol–water partition coefficient (Wildman–Crippen LogP) is 2.51. The average molecular weight is 329 g/mol. The molecule has 2 amide bonds. The molecule has 6 heteroatoms. The fourth-order valence-electron chi connectivity index (χ4n) is 1.90. The number of pyridine rings is 1. The van der Waals surface area contributed by atoms with Crippen LogP contribution in [0.3, 0.4) is 0 Å². The smallest absolute Gasteiger partial charge is 0.313 e. The number of amides is 2. The van der Waals surface area contributed by atoms with Crippen LogP contribution in [0.2, 0.25) is 0 Å². The van der Waals surface area contributed by atoms with Gasteiger partial charge in [0.1, 0.15) is 0 Å². The molecular formula is C17H19N3O2S. The third-order valence-electron chi connectivity index (χ3n) is 3.15. The SMILES string of the molecule is CSCc1ccc(NC(=O)C(=O)NCc2ccc(C)nc2)cc1. The number of benzene rings is 1. The summed E-state index contributed by atoms with van der Waals surface area (Å²) in [6.07, 6.45) is 3.71. The quantitative estimate of drug-likeness (QED) is 0.827. The molecule has 0 aliphatic rings. The highest BCUT2D eigenvalue weighted by molar-refractivity contribution is 7.97. The Kier molecular flexibility index (Phi) is 6.17. The van der Waals surface area contributed by atoms with Crippen LogP contribution in [0.1, 0.15) is 16.8 Å². The summed E-state index contributed by atoms with van der Waals surface area (Å²) in [5, 5.41) is 5.16. The lowest BCUT2D eigenvalue weighted by molar-refractivity contribution is -0.136. The van der Waals surface area contributed by atoms with Crippen LogP contribution in [0, 0.1) is 6.92 Å². The van der Waals surface area contributed by atoms with E-state index < -0.39 is 11.8 Å². The molecule has 0 spiro atoms. The molecule has 0 aliphatic heterocycles. The van der Waals surface area contributed by atoms with Crippen molar-refractivity contribution in [1.29, 1.82) is 0 Å². The summed E-state index contributed by atoms with van der Waals surface area (Å²) in [6.45, 7) is 2.16. The van der Waals surface area contributed by atoms with Crippen molar-refractivity contribution >= 4 is 29.3 Å². The number of anilines is 1. The van der Waals surface area contributed by atoms with Crippen molar-refractivity contribution in [2.45, 2.75) is 19.2 Å². The maximum absolute atomic E-state index is 11.9. The normalized spacial score (nSPS) is 10.2. The predicted molar refractivity (Wildman–Crippen MR) is 93.1 cm³/mol. The van der Waals surface area contributed by atoms with Gasteiger partial charge in [0.15, 0.2) is 0 Å². The number of hydrogen-bond acceptors (Lipinski definition) is 4. The Labute approximate surface area is 139 Å². The summed E-state index contributed by atoms with van der Waals surface area (Å²) >= 11 is 1.73. The Morgan fingerprint density at radius 3 is 2.35 bits per heavy atom. The third kappa shape index (κ3) is 5.41. The number of carbonyl (C=O) groups excluding carboxylic acids is 2. The van der Waals surface area contributed by atoms with Gasteiger partial charge in [0.25, 0.3) is 0 Å². The highest BCUT2D eigenvalue weighted by Crippen LogP contribution is 2.13. The lowest BCUT2D eigenvalue weighted by Crippen LogP contribution is -2.34. The van der Waals surface area contributed by atoms with Gasteiger partial charge in [-0.25, -0.2) is 0 Å². The molecular weight excluding hydrogens is 310 g/mol. The number of rotatable bonds is 5. The van der Waals surface area contributed by atoms with E-state index in [0.29, 0.717) is 5.69 Å². The Morgan fingerprint density at radius 2 is 1.74 bits per heavy atom. The molecule has 0 atom stereocenters. The standard InChI is InChI=1S/C17H19N3O2S/c1-12-3-4-14(9-18-12)10-19-16(21)17(22)20-15-7-5-13(6-8-15)11-23-2/h3-9H,10-11H2,1-2H3,(H,19,21)(H,20,22). The van der Waals surface area contributed by atoms with E-state index in [1.807, 2.05) is 37.4 Å². The van der Waals surface area contributed by atoms with E-state index in [2.05, 4.69) is 15.6 Å². The first kappa shape index (κ1) is 17.0. The van der Waals surface area contributed by atoms with Crippen LogP contribution in [-0.2, 0) is 21.9 Å². The molecule has 0 radical (unpaired) electrons. The monoisotopic (exact) mass is 329 g/mol. The second-order valence-electron chi connectivity index (χ2n) is 5.07. The molecule has 0 saturated heterocycles. The first-order valence-electron chi connectivity index (χ1n) is 7.17. The molecule has 5 nitrogen and oxygen atoms in total. The van der Waals surface area contributed by atoms with Crippen molar-refractivity contribution in [1.82, 2.24) is 10.3 Å². The molecule has 2 N–H and O–H groups in total. The lowest BCUT2D eigenvalue weighted by Gasteiger charge is -2.07. The molecule has 1 aromatic carbocycles. The maximum atomic E-state index is 11.9. The van der Waals surface area contributed by atoms with E-state index in [0.717, 1.165) is 17.0 Å². The highest BCUT2D eigenvalue weighted by Gasteiger charge is 2.13. The van der Waals surface area contributed by atoms with E-state index in [1.54, 1.807) is 30.1 Å². The average Bonchev–Trinajstić information content (AvgIpc) is 2.56. The fourth-order valence-corrected chi connectivity index (χ4v) is 2.43. The summed E-state index contributed by atoms with van der Waals surface area (Å²) in [6, 6.07) is 11.2. The van der Waals surface area contributed by atoms with E-state index in [1.165, 1.54) is 5.56 Å². The van der Waals surface area contributed by atoms with Crippen molar-refractivity contribution in [2.24, 2.45) is 0 Å². The van der Waals surface area contributed by atoms with Gasteiger partial charge in [-0.1, -0.05) is 18.2 Å². The van der Waals surface area contributed by atoms with Gasteiger partial charge < -0.3 is 10.6 Å². The van der Waals surface area contributed by atoms with Gasteiger partial charge in [-0.15, -0.1) is 0 Å². The molecule has 0 fully saturated rings. The molecule has 1 aromatic heterocycles. The van der Waals surface area contributed by atoms with Gasteiger partial charge in [0, 0.05) is 29.9 Å². The van der Waals surface area contributed by atoms with Crippen molar-refractivity contribution < 1.29 is 9.59 Å². The van der Waals surface area contributed by atoms with Crippen molar-refractivity contribution in [3.8, 4) is 0 Å². The van der Waals surface area contributed by atoms with E-state index in [-0.39, 0.29) is 6.54 Å². The second kappa shape index (κ2) is 8.33. The van der Waals surface area contributed by atoms with Gasteiger partial charge in [-0.2, -0.15) is 11.8 Å². The zero-order chi connectivity index (χ0) is 16.7. The number of aryl methyl sites for hydroxylation is 1. The Hall–Kier alpha value is -2.34. The topological polar surface area (TPSA) is 71.1 Å². The molecule has 0 aliphatic carbocycles. The minimum atomic E-state index is -0.678. The minimum absolute atomic E-state index is 0.270. The Bertz CT molecular complexity index is 669. The fraction of sp³-hybridized carbons (Fsp3) is 0.235. The van der Waals surface area contributed by atoms with Crippen LogP contribution in [0.15, 0.2) is 42.6 Å². The highest BCUT2D eigenvalue weighted by atomic mass is 32.2. The lowest BCUT2D eigenvalue weighted by atomic mass is 10.2. The number of carbonyl (C=O) groups is 2. The molecule has 0 bridgehead atoms. The number of aromatic nitrogens is 1. The Morgan fingerprint density at radius 1 is 1.04 bits per heavy atom. The van der Waals surface area contributed by atoms with Crippen LogP contribution < -0.4 is 10.6 Å². The van der Waals surface area contributed by atoms with Crippen molar-refractivity contribution in [2.75, 3.05) is 11.6 Å². The van der Waals surface area contributed by atoms with Gasteiger partial charge in [0.05, 0.1) is 0 Å². The summed E-state index contributed by atoms with van der Waals surface area (Å²) < 4.78 is 0. The summed E-state index contributed by atoms with van der Waals surface area (Å²) in [7, 11) is 0. The van der Waals surface area contributed by atoms with Crippen LogP contribution in [0.5, 0.6) is 0 Å². The first-order chi connectivity index (χ1) is 11.1. The number of nitrogens with one attached hydrogen (secondary N) is 2. The molecule has 0 unspecified atom stereocenters. The van der Waals surface area contributed by atoms with Crippen LogP contribution in [-0.4, -0.2) is 23.1 Å². The first-order valence-corrected chi connectivity index (χ1v) is 8.56. The largest absolute Gasteiger partial charge is 0.344 e. The van der Waals surface area contributed by atoms with Gasteiger partial charge >= 0.3 is 11.8 Å². The zero-order valence-corrected chi connectivity index (χ0v) is 13.9. The minimum Gasteiger partial charge on any atom is -0.344 e. The molecule has 120 valence electrons. The van der Waals surface area contributed by atoms with Gasteiger partial charge in [-0.3, -0.25) is 14.6 Å². The second-order valence-corrected chi connectivity index (χ2v) is 5.94. The zero-order valence-electron chi connectivity index (χ0n) is 13.1. The van der Waals surface area contributed by atoms with Crippen molar-refractivity contribution in [3.05, 3.63) is 59.4 Å². The number of nitrogens with zero attached hydrogens (tertiary/aromatic N) is 1. The van der Waals surface area contributed by atoms with Gasteiger partial charge in [0.2, 0.25) is 0 Å². The molecule has 2 rings (SSSR count). The van der Waals surface area contributed by atoms with Crippen LogP contribution >= 0.6 is 11.8 Å². The summed E-state index contributed by atoms with van der Waals surface area (Å²) in [5.41, 5.74) is 3.53. The van der Waals surface area contributed by atoms with E-state index >= 15 is 0 Å². The van der Waals surface area contributed by atoms with Crippen LogP contribution in [0.25, 0.3) is 0 Å². The number of thioether (sulfide) groups is 1. The molecule has 0 saturated carbocycles. The summed E-state index contributed by atoms with van der Waals surface area (Å²) in [5.74, 6) is -0.430. The van der Waals surface area contributed by atoms with Crippen LogP contribution in [0.4, 0.5) is 5.69 Å². The molecule has 2 aromatic rings.